The summed E-state index contributed by atoms with van der Waals surface area (Å²) < 4.78 is 12.9. The molecule has 1 unspecified atom stereocenters. The van der Waals surface area contributed by atoms with Gasteiger partial charge in [-0.1, -0.05) is 12.1 Å². The largest absolute Gasteiger partial charge is 0.355 e. The number of carbonyl (C=O) groups is 2. The molecule has 1 saturated heterocycles. The molecular weight excluding hydrogens is 285 g/mol. The fourth-order valence-corrected chi connectivity index (χ4v) is 2.65. The van der Waals surface area contributed by atoms with Crippen molar-refractivity contribution in [2.75, 3.05) is 26.2 Å². The van der Waals surface area contributed by atoms with Crippen LogP contribution in [0.3, 0.4) is 0 Å². The average Bonchev–Trinajstić information content (AvgIpc) is 2.54. The van der Waals surface area contributed by atoms with Gasteiger partial charge in [0.1, 0.15) is 5.82 Å². The van der Waals surface area contributed by atoms with Crippen molar-refractivity contribution in [3.63, 3.8) is 0 Å². The minimum atomic E-state index is -0.314. The summed E-state index contributed by atoms with van der Waals surface area (Å²) in [5.41, 5.74) is 6.15. The first-order chi connectivity index (χ1) is 10.6. The number of rotatable bonds is 5. The van der Waals surface area contributed by atoms with Crippen molar-refractivity contribution in [3.05, 3.63) is 35.6 Å². The van der Waals surface area contributed by atoms with E-state index in [2.05, 4.69) is 5.32 Å². The number of hydrogen-bond acceptors (Lipinski definition) is 3. The van der Waals surface area contributed by atoms with Gasteiger partial charge in [-0.25, -0.2) is 4.39 Å². The molecule has 0 saturated carbocycles. The van der Waals surface area contributed by atoms with Gasteiger partial charge in [-0.15, -0.1) is 0 Å². The van der Waals surface area contributed by atoms with Gasteiger partial charge in [-0.05, 0) is 30.5 Å². The Hall–Kier alpha value is -1.95. The normalized spacial score (nSPS) is 18.1. The van der Waals surface area contributed by atoms with Crippen LogP contribution in [0, 0.1) is 11.7 Å². The van der Waals surface area contributed by atoms with Gasteiger partial charge in [-0.2, -0.15) is 0 Å². The van der Waals surface area contributed by atoms with Gasteiger partial charge in [0.25, 0.3) is 0 Å². The lowest BCUT2D eigenvalue weighted by Gasteiger charge is -2.32. The maximum atomic E-state index is 12.9. The highest BCUT2D eigenvalue weighted by atomic mass is 19.1. The van der Waals surface area contributed by atoms with E-state index in [1.165, 1.54) is 12.1 Å². The van der Waals surface area contributed by atoms with Crippen LogP contribution in [-0.4, -0.2) is 42.9 Å². The van der Waals surface area contributed by atoms with E-state index >= 15 is 0 Å². The summed E-state index contributed by atoms with van der Waals surface area (Å²) in [5.74, 6) is -0.545. The van der Waals surface area contributed by atoms with Crippen molar-refractivity contribution in [1.82, 2.24) is 10.2 Å². The molecule has 6 heteroatoms. The average molecular weight is 307 g/mol. The summed E-state index contributed by atoms with van der Waals surface area (Å²) in [4.78, 5) is 26.0. The van der Waals surface area contributed by atoms with Crippen LogP contribution in [-0.2, 0) is 16.0 Å². The number of hydrogen-bond donors (Lipinski definition) is 2. The molecule has 0 aliphatic carbocycles. The lowest BCUT2D eigenvalue weighted by atomic mass is 9.96. The van der Waals surface area contributed by atoms with Gasteiger partial charge in [0, 0.05) is 26.2 Å². The van der Waals surface area contributed by atoms with Crippen molar-refractivity contribution >= 4 is 11.8 Å². The van der Waals surface area contributed by atoms with E-state index in [4.69, 9.17) is 5.73 Å². The van der Waals surface area contributed by atoms with Gasteiger partial charge in [-0.3, -0.25) is 9.59 Å². The molecule has 2 rings (SSSR count). The molecule has 5 nitrogen and oxygen atoms in total. The molecule has 1 aromatic carbocycles. The zero-order valence-corrected chi connectivity index (χ0v) is 12.6. The Morgan fingerprint density at radius 3 is 2.73 bits per heavy atom. The third-order valence-corrected chi connectivity index (χ3v) is 3.86. The van der Waals surface area contributed by atoms with Crippen LogP contribution in [0.25, 0.3) is 0 Å². The second-order valence-corrected chi connectivity index (χ2v) is 5.56. The smallest absolute Gasteiger partial charge is 0.227 e. The van der Waals surface area contributed by atoms with Crippen LogP contribution >= 0.6 is 0 Å². The number of amides is 2. The minimum absolute atomic E-state index is 0.0251. The zero-order chi connectivity index (χ0) is 15.9. The number of likely N-dealkylation sites (tertiary alicyclic amines) is 1. The van der Waals surface area contributed by atoms with Crippen molar-refractivity contribution in [2.45, 2.75) is 19.3 Å². The first kappa shape index (κ1) is 16.4. The Bertz CT molecular complexity index is 519. The van der Waals surface area contributed by atoms with E-state index in [0.29, 0.717) is 26.2 Å². The van der Waals surface area contributed by atoms with Crippen LogP contribution in [0.1, 0.15) is 18.4 Å². The van der Waals surface area contributed by atoms with E-state index < -0.39 is 0 Å². The van der Waals surface area contributed by atoms with Crippen molar-refractivity contribution in [2.24, 2.45) is 11.7 Å². The summed E-state index contributed by atoms with van der Waals surface area (Å²) in [6.45, 7) is 1.97. The molecule has 3 N–H and O–H groups in total. The molecule has 120 valence electrons. The Balaban J connectivity index is 1.89. The molecule has 1 heterocycles. The lowest BCUT2D eigenvalue weighted by molar-refractivity contribution is -0.135. The van der Waals surface area contributed by atoms with Crippen LogP contribution < -0.4 is 11.1 Å². The molecule has 0 radical (unpaired) electrons. The summed E-state index contributed by atoms with van der Waals surface area (Å²) in [6.07, 6.45) is 1.84. The van der Waals surface area contributed by atoms with E-state index in [-0.39, 0.29) is 30.0 Å². The summed E-state index contributed by atoms with van der Waals surface area (Å²) >= 11 is 0. The van der Waals surface area contributed by atoms with Crippen molar-refractivity contribution in [3.8, 4) is 0 Å². The fraction of sp³-hybridized carbons (Fsp3) is 0.500. The highest BCUT2D eigenvalue weighted by molar-refractivity contribution is 5.82. The second kappa shape index (κ2) is 7.89. The first-order valence-corrected chi connectivity index (χ1v) is 7.60. The van der Waals surface area contributed by atoms with E-state index in [1.807, 2.05) is 0 Å². The summed E-state index contributed by atoms with van der Waals surface area (Å²) in [6, 6.07) is 5.93. The predicted molar refractivity (Wildman–Crippen MR) is 81.5 cm³/mol. The fourth-order valence-electron chi connectivity index (χ4n) is 2.65. The molecule has 0 aromatic heterocycles. The van der Waals surface area contributed by atoms with Crippen molar-refractivity contribution in [1.29, 1.82) is 0 Å². The molecule has 1 aliphatic rings. The molecule has 0 bridgehead atoms. The quantitative estimate of drug-likeness (QED) is 0.840. The zero-order valence-electron chi connectivity index (χ0n) is 12.6. The third kappa shape index (κ3) is 4.53. The highest BCUT2D eigenvalue weighted by Gasteiger charge is 2.28. The van der Waals surface area contributed by atoms with Gasteiger partial charge in [0.2, 0.25) is 11.8 Å². The van der Waals surface area contributed by atoms with E-state index in [1.54, 1.807) is 17.0 Å². The maximum absolute atomic E-state index is 12.9. The molecule has 1 fully saturated rings. The molecular formula is C16H22FN3O2. The molecule has 1 atom stereocenters. The molecule has 0 spiro atoms. The number of nitrogens with zero attached hydrogens (tertiary/aromatic N) is 1. The Morgan fingerprint density at radius 2 is 2.05 bits per heavy atom. The number of nitrogens with two attached hydrogens (primary N) is 1. The Morgan fingerprint density at radius 1 is 1.32 bits per heavy atom. The van der Waals surface area contributed by atoms with Crippen LogP contribution in [0.15, 0.2) is 24.3 Å². The molecule has 2 amide bonds. The van der Waals surface area contributed by atoms with E-state index in [9.17, 15) is 14.0 Å². The molecule has 22 heavy (non-hydrogen) atoms. The SMILES string of the molecule is NCCNC(=O)C1CCCN(C(=O)Cc2ccc(F)cc2)C1. The Labute approximate surface area is 129 Å². The number of carbonyl (C=O) groups excluding carboxylic acids is 2. The first-order valence-electron chi connectivity index (χ1n) is 7.60. The number of benzene rings is 1. The maximum Gasteiger partial charge on any atom is 0.227 e. The monoisotopic (exact) mass is 307 g/mol. The molecule has 1 aliphatic heterocycles. The second-order valence-electron chi connectivity index (χ2n) is 5.56. The van der Waals surface area contributed by atoms with E-state index in [0.717, 1.165) is 18.4 Å². The summed E-state index contributed by atoms with van der Waals surface area (Å²) in [5, 5.41) is 2.77. The topological polar surface area (TPSA) is 75.4 Å². The van der Waals surface area contributed by atoms with Gasteiger partial charge in [0.15, 0.2) is 0 Å². The standard InChI is InChI=1S/C16H22FN3O2/c17-14-5-3-12(4-6-14)10-15(21)20-9-1-2-13(11-20)16(22)19-8-7-18/h3-6,13H,1-2,7-11,18H2,(H,19,22). The minimum Gasteiger partial charge on any atom is -0.355 e. The van der Waals surface area contributed by atoms with Gasteiger partial charge >= 0.3 is 0 Å². The lowest BCUT2D eigenvalue weighted by Crippen LogP contribution is -2.46. The molecule has 1 aromatic rings. The van der Waals surface area contributed by atoms with Crippen LogP contribution in [0.2, 0.25) is 0 Å². The van der Waals surface area contributed by atoms with Gasteiger partial charge < -0.3 is 16.0 Å². The Kier molecular flexibility index (Phi) is 5.89. The van der Waals surface area contributed by atoms with Gasteiger partial charge in [0.05, 0.1) is 12.3 Å². The summed E-state index contributed by atoms with van der Waals surface area (Å²) in [7, 11) is 0. The number of piperidine rings is 1. The highest BCUT2D eigenvalue weighted by Crippen LogP contribution is 2.18. The third-order valence-electron chi connectivity index (χ3n) is 3.86. The predicted octanol–water partition coefficient (Wildman–Crippen LogP) is 0.682. The van der Waals surface area contributed by atoms with Crippen molar-refractivity contribution < 1.29 is 14.0 Å². The van der Waals surface area contributed by atoms with Crippen LogP contribution in [0.4, 0.5) is 4.39 Å². The van der Waals surface area contributed by atoms with Crippen LogP contribution in [0.5, 0.6) is 0 Å². The number of nitrogens with one attached hydrogen (secondary N) is 1. The number of halogens is 1.